The molecule has 1 unspecified atom stereocenters. The molecule has 0 spiro atoms. The first-order valence-electron chi connectivity index (χ1n) is 6.52. The second-order valence-electron chi connectivity index (χ2n) is 4.79. The highest BCUT2D eigenvalue weighted by Crippen LogP contribution is 2.34. The number of esters is 1. The van der Waals surface area contributed by atoms with Gasteiger partial charge in [0, 0.05) is 11.4 Å². The van der Waals surface area contributed by atoms with Gasteiger partial charge in [-0.25, -0.2) is 0 Å². The van der Waals surface area contributed by atoms with E-state index in [2.05, 4.69) is 0 Å². The van der Waals surface area contributed by atoms with Gasteiger partial charge in [-0.15, -0.1) is 0 Å². The third-order valence-electron chi connectivity index (χ3n) is 3.30. The smallest absolute Gasteiger partial charge is 0.316 e. The molecular weight excluding hydrogens is 276 g/mol. The van der Waals surface area contributed by atoms with Crippen LogP contribution < -0.4 is 0 Å². The van der Waals surface area contributed by atoms with E-state index in [-0.39, 0.29) is 5.97 Å². The van der Waals surface area contributed by atoms with Crippen LogP contribution in [-0.2, 0) is 21.4 Å². The molecule has 0 amide bonds. The third kappa shape index (κ3) is 2.88. The highest BCUT2D eigenvalue weighted by molar-refractivity contribution is 6.31. The van der Waals surface area contributed by atoms with E-state index >= 15 is 0 Å². The molecule has 0 saturated heterocycles. The first-order chi connectivity index (χ1) is 9.58. The lowest BCUT2D eigenvalue weighted by atomic mass is 9.78. The Hall–Kier alpha value is -1.74. The van der Waals surface area contributed by atoms with Crippen molar-refractivity contribution in [2.45, 2.75) is 25.7 Å². The van der Waals surface area contributed by atoms with Crippen molar-refractivity contribution in [3.8, 4) is 0 Å². The van der Waals surface area contributed by atoms with Crippen LogP contribution in [0.4, 0.5) is 0 Å². The molecule has 3 nitrogen and oxygen atoms in total. The second-order valence-corrected chi connectivity index (χ2v) is 5.20. The molecule has 106 valence electrons. The predicted octanol–water partition coefficient (Wildman–Crippen LogP) is 4.00. The van der Waals surface area contributed by atoms with Gasteiger partial charge < -0.3 is 9.15 Å². The summed E-state index contributed by atoms with van der Waals surface area (Å²) in [5, 5.41) is 0.551. The van der Waals surface area contributed by atoms with Gasteiger partial charge in [-0.1, -0.05) is 29.8 Å². The molecule has 20 heavy (non-hydrogen) atoms. The lowest BCUT2D eigenvalue weighted by molar-refractivity contribution is -0.149. The Morgan fingerprint density at radius 2 is 2.05 bits per heavy atom. The molecule has 0 aliphatic heterocycles. The first-order valence-corrected chi connectivity index (χ1v) is 6.90. The molecule has 0 aliphatic rings. The Morgan fingerprint density at radius 3 is 2.65 bits per heavy atom. The maximum atomic E-state index is 12.4. The van der Waals surface area contributed by atoms with E-state index in [9.17, 15) is 4.79 Å². The number of carbonyl (C=O) groups is 1. The second kappa shape index (κ2) is 6.14. The van der Waals surface area contributed by atoms with E-state index in [1.54, 1.807) is 25.3 Å². The van der Waals surface area contributed by atoms with E-state index in [1.807, 2.05) is 31.2 Å². The van der Waals surface area contributed by atoms with Gasteiger partial charge in [0.1, 0.15) is 5.76 Å². The van der Waals surface area contributed by atoms with Crippen molar-refractivity contribution in [1.29, 1.82) is 0 Å². The molecular formula is C16H17ClO3. The summed E-state index contributed by atoms with van der Waals surface area (Å²) in [5.74, 6) is 0.421. The number of furan rings is 1. The van der Waals surface area contributed by atoms with E-state index < -0.39 is 5.41 Å². The van der Waals surface area contributed by atoms with E-state index in [1.165, 1.54) is 0 Å². The Balaban J connectivity index is 2.43. The van der Waals surface area contributed by atoms with Crippen molar-refractivity contribution in [2.75, 3.05) is 6.61 Å². The largest absolute Gasteiger partial charge is 0.469 e. The van der Waals surface area contributed by atoms with Crippen molar-refractivity contribution < 1.29 is 13.9 Å². The van der Waals surface area contributed by atoms with Gasteiger partial charge in [-0.2, -0.15) is 0 Å². The number of carbonyl (C=O) groups excluding carboxylic acids is 1. The zero-order chi connectivity index (χ0) is 14.6. The minimum atomic E-state index is -0.869. The maximum absolute atomic E-state index is 12.4. The first kappa shape index (κ1) is 14.7. The number of rotatable bonds is 5. The molecule has 0 saturated carbocycles. The maximum Gasteiger partial charge on any atom is 0.316 e. The zero-order valence-corrected chi connectivity index (χ0v) is 12.3. The average molecular weight is 293 g/mol. The standard InChI is InChI=1S/C16H17ClO3/c1-3-19-15(18)16(2,11-12-7-6-10-20-12)13-8-4-5-9-14(13)17/h4-10H,3,11H2,1-2H3. The number of hydrogen-bond donors (Lipinski definition) is 0. The summed E-state index contributed by atoms with van der Waals surface area (Å²) in [6.45, 7) is 3.95. The van der Waals surface area contributed by atoms with Crippen LogP contribution in [0.15, 0.2) is 47.1 Å². The lowest BCUT2D eigenvalue weighted by Crippen LogP contribution is -2.37. The van der Waals surface area contributed by atoms with Crippen molar-refractivity contribution >= 4 is 17.6 Å². The Labute approximate surface area is 123 Å². The number of benzene rings is 1. The fourth-order valence-electron chi connectivity index (χ4n) is 2.24. The average Bonchev–Trinajstić information content (AvgIpc) is 2.92. The van der Waals surface area contributed by atoms with Crippen LogP contribution in [0, 0.1) is 0 Å². The number of halogens is 1. The minimum absolute atomic E-state index is 0.301. The molecule has 4 heteroatoms. The summed E-state index contributed by atoms with van der Waals surface area (Å²) >= 11 is 6.25. The predicted molar refractivity (Wildman–Crippen MR) is 77.8 cm³/mol. The molecule has 2 aromatic rings. The monoisotopic (exact) mass is 292 g/mol. The summed E-state index contributed by atoms with van der Waals surface area (Å²) in [6.07, 6.45) is 2.00. The highest BCUT2D eigenvalue weighted by atomic mass is 35.5. The van der Waals surface area contributed by atoms with Crippen LogP contribution in [0.3, 0.4) is 0 Å². The molecule has 1 heterocycles. The highest BCUT2D eigenvalue weighted by Gasteiger charge is 2.39. The normalized spacial score (nSPS) is 13.8. The zero-order valence-electron chi connectivity index (χ0n) is 11.6. The summed E-state index contributed by atoms with van der Waals surface area (Å²) in [4.78, 5) is 12.4. The summed E-state index contributed by atoms with van der Waals surface area (Å²) in [6, 6.07) is 11.0. The molecule has 0 N–H and O–H groups in total. The summed E-state index contributed by atoms with van der Waals surface area (Å²) < 4.78 is 10.6. The van der Waals surface area contributed by atoms with Crippen LogP contribution in [0.5, 0.6) is 0 Å². The topological polar surface area (TPSA) is 39.4 Å². The van der Waals surface area contributed by atoms with Crippen LogP contribution in [0.25, 0.3) is 0 Å². The number of hydrogen-bond acceptors (Lipinski definition) is 3. The Bertz CT molecular complexity index is 577. The fourth-order valence-corrected chi connectivity index (χ4v) is 2.58. The lowest BCUT2D eigenvalue weighted by Gasteiger charge is -2.27. The molecule has 0 radical (unpaired) electrons. The van der Waals surface area contributed by atoms with Gasteiger partial charge >= 0.3 is 5.97 Å². The van der Waals surface area contributed by atoms with Gasteiger partial charge in [0.25, 0.3) is 0 Å². The third-order valence-corrected chi connectivity index (χ3v) is 3.63. The molecule has 1 atom stereocenters. The van der Waals surface area contributed by atoms with Gasteiger partial charge in [-0.05, 0) is 37.6 Å². The minimum Gasteiger partial charge on any atom is -0.469 e. The molecule has 1 aromatic carbocycles. The molecule has 2 rings (SSSR count). The van der Waals surface area contributed by atoms with E-state index in [0.29, 0.717) is 18.1 Å². The number of ether oxygens (including phenoxy) is 1. The van der Waals surface area contributed by atoms with E-state index in [0.717, 1.165) is 11.3 Å². The van der Waals surface area contributed by atoms with Crippen LogP contribution >= 0.6 is 11.6 Å². The SMILES string of the molecule is CCOC(=O)C(C)(Cc1ccco1)c1ccccc1Cl. The van der Waals surface area contributed by atoms with Gasteiger partial charge in [0.05, 0.1) is 18.3 Å². The van der Waals surface area contributed by atoms with E-state index in [4.69, 9.17) is 20.8 Å². The Kier molecular flexibility index (Phi) is 4.50. The molecule has 0 bridgehead atoms. The summed E-state index contributed by atoms with van der Waals surface area (Å²) in [5.41, 5.74) is -0.122. The van der Waals surface area contributed by atoms with Crippen LogP contribution in [0.2, 0.25) is 5.02 Å². The van der Waals surface area contributed by atoms with Gasteiger partial charge in [-0.3, -0.25) is 4.79 Å². The summed E-state index contributed by atoms with van der Waals surface area (Å²) in [7, 11) is 0. The quantitative estimate of drug-likeness (QED) is 0.782. The van der Waals surface area contributed by atoms with Gasteiger partial charge in [0.2, 0.25) is 0 Å². The van der Waals surface area contributed by atoms with Gasteiger partial charge in [0.15, 0.2) is 0 Å². The van der Waals surface area contributed by atoms with Crippen molar-refractivity contribution in [1.82, 2.24) is 0 Å². The van der Waals surface area contributed by atoms with Crippen LogP contribution in [0.1, 0.15) is 25.2 Å². The molecule has 1 aromatic heterocycles. The molecule has 0 aliphatic carbocycles. The van der Waals surface area contributed by atoms with Crippen molar-refractivity contribution in [3.63, 3.8) is 0 Å². The van der Waals surface area contributed by atoms with Crippen molar-refractivity contribution in [2.24, 2.45) is 0 Å². The van der Waals surface area contributed by atoms with Crippen molar-refractivity contribution in [3.05, 3.63) is 59.0 Å². The fraction of sp³-hybridized carbons (Fsp3) is 0.312. The van der Waals surface area contributed by atoms with Crippen LogP contribution in [-0.4, -0.2) is 12.6 Å². The molecule has 0 fully saturated rings. The Morgan fingerprint density at radius 1 is 1.30 bits per heavy atom.